The number of nitrogens with one attached hydrogen (secondary N) is 2. The first kappa shape index (κ1) is 14.8. The largest absolute Gasteiger partial charge is 0.489 e. The summed E-state index contributed by atoms with van der Waals surface area (Å²) in [5, 5.41) is 6.09. The Labute approximate surface area is 129 Å². The molecule has 1 unspecified atom stereocenters. The van der Waals surface area contributed by atoms with Gasteiger partial charge in [0.05, 0.1) is 6.54 Å². The molecule has 0 bridgehead atoms. The standard InChI is InChI=1S/C16H21N3O3/c1-12(22-13-5-3-2-4-6-13)11-19-14(20)16(18-15(19)21)7-9-17-10-8-16/h2-6,12,17H,7-11H2,1H3,(H,18,21). The zero-order valence-electron chi connectivity index (χ0n) is 12.7. The second-order valence-corrected chi connectivity index (χ2v) is 5.92. The Morgan fingerprint density at radius 1 is 1.23 bits per heavy atom. The lowest BCUT2D eigenvalue weighted by Crippen LogP contribution is -2.54. The van der Waals surface area contributed by atoms with Crippen molar-refractivity contribution < 1.29 is 14.3 Å². The van der Waals surface area contributed by atoms with Gasteiger partial charge in [-0.1, -0.05) is 18.2 Å². The van der Waals surface area contributed by atoms with Crippen molar-refractivity contribution in [2.24, 2.45) is 0 Å². The molecule has 3 amide bonds. The molecule has 118 valence electrons. The maximum atomic E-state index is 12.6. The van der Waals surface area contributed by atoms with Crippen LogP contribution < -0.4 is 15.4 Å². The lowest BCUT2D eigenvalue weighted by atomic mass is 9.88. The van der Waals surface area contributed by atoms with Gasteiger partial charge in [0.25, 0.3) is 5.91 Å². The van der Waals surface area contributed by atoms with E-state index in [0.29, 0.717) is 12.8 Å². The number of imide groups is 1. The molecule has 1 aromatic carbocycles. The van der Waals surface area contributed by atoms with Gasteiger partial charge in [0.1, 0.15) is 17.4 Å². The number of ether oxygens (including phenoxy) is 1. The van der Waals surface area contributed by atoms with Gasteiger partial charge in [-0.15, -0.1) is 0 Å². The number of piperidine rings is 1. The zero-order chi connectivity index (χ0) is 15.6. The average molecular weight is 303 g/mol. The van der Waals surface area contributed by atoms with E-state index in [1.807, 2.05) is 37.3 Å². The Bertz CT molecular complexity index is 555. The van der Waals surface area contributed by atoms with Crippen molar-refractivity contribution in [3.63, 3.8) is 0 Å². The number of nitrogens with zero attached hydrogens (tertiary/aromatic N) is 1. The van der Waals surface area contributed by atoms with Crippen molar-refractivity contribution in [1.29, 1.82) is 0 Å². The summed E-state index contributed by atoms with van der Waals surface area (Å²) in [5.41, 5.74) is -0.713. The van der Waals surface area contributed by atoms with Crippen LogP contribution in [0.3, 0.4) is 0 Å². The second-order valence-electron chi connectivity index (χ2n) is 5.92. The topological polar surface area (TPSA) is 70.7 Å². The zero-order valence-corrected chi connectivity index (χ0v) is 12.7. The maximum absolute atomic E-state index is 12.6. The molecule has 2 aliphatic rings. The van der Waals surface area contributed by atoms with Crippen LogP contribution >= 0.6 is 0 Å². The number of urea groups is 1. The fourth-order valence-electron chi connectivity index (χ4n) is 3.06. The minimum atomic E-state index is -0.713. The predicted octanol–water partition coefficient (Wildman–Crippen LogP) is 1.13. The Hall–Kier alpha value is -2.08. The van der Waals surface area contributed by atoms with Crippen LogP contribution in [0.25, 0.3) is 0 Å². The van der Waals surface area contributed by atoms with E-state index >= 15 is 0 Å². The maximum Gasteiger partial charge on any atom is 0.325 e. The molecule has 0 radical (unpaired) electrons. The SMILES string of the molecule is CC(CN1C(=O)NC2(CCNCC2)C1=O)Oc1ccccc1. The molecule has 2 saturated heterocycles. The number of hydrogen-bond acceptors (Lipinski definition) is 4. The van der Waals surface area contributed by atoms with Gasteiger partial charge >= 0.3 is 6.03 Å². The van der Waals surface area contributed by atoms with Crippen LogP contribution in [0.15, 0.2) is 30.3 Å². The Balaban J connectivity index is 1.64. The van der Waals surface area contributed by atoms with Crippen molar-refractivity contribution in [3.8, 4) is 5.75 Å². The monoisotopic (exact) mass is 303 g/mol. The van der Waals surface area contributed by atoms with Crippen molar-refractivity contribution in [1.82, 2.24) is 15.5 Å². The van der Waals surface area contributed by atoms with Gasteiger partial charge < -0.3 is 15.4 Å². The van der Waals surface area contributed by atoms with E-state index in [1.165, 1.54) is 4.90 Å². The van der Waals surface area contributed by atoms with Crippen LogP contribution in [-0.4, -0.2) is 48.1 Å². The molecule has 6 heteroatoms. The van der Waals surface area contributed by atoms with E-state index in [-0.39, 0.29) is 24.6 Å². The average Bonchev–Trinajstić information content (AvgIpc) is 2.73. The Morgan fingerprint density at radius 2 is 1.91 bits per heavy atom. The molecule has 0 aromatic heterocycles. The number of carbonyl (C=O) groups is 2. The molecule has 1 spiro atoms. The van der Waals surface area contributed by atoms with Crippen LogP contribution in [0.5, 0.6) is 5.75 Å². The summed E-state index contributed by atoms with van der Waals surface area (Å²) in [7, 11) is 0. The minimum absolute atomic E-state index is 0.123. The van der Waals surface area contributed by atoms with E-state index in [9.17, 15) is 9.59 Å². The summed E-state index contributed by atoms with van der Waals surface area (Å²) in [6.45, 7) is 3.61. The van der Waals surface area contributed by atoms with Gasteiger partial charge in [-0.25, -0.2) is 4.79 Å². The second kappa shape index (κ2) is 5.96. The Morgan fingerprint density at radius 3 is 2.59 bits per heavy atom. The van der Waals surface area contributed by atoms with Gasteiger partial charge in [-0.2, -0.15) is 0 Å². The minimum Gasteiger partial charge on any atom is -0.489 e. The molecule has 6 nitrogen and oxygen atoms in total. The molecule has 3 rings (SSSR count). The number of carbonyl (C=O) groups excluding carboxylic acids is 2. The third-order valence-corrected chi connectivity index (χ3v) is 4.22. The number of benzene rings is 1. The summed E-state index contributed by atoms with van der Waals surface area (Å²) in [6, 6.07) is 9.10. The van der Waals surface area contributed by atoms with E-state index in [0.717, 1.165) is 18.8 Å². The van der Waals surface area contributed by atoms with Crippen molar-refractivity contribution in [3.05, 3.63) is 30.3 Å². The summed E-state index contributed by atoms with van der Waals surface area (Å²) >= 11 is 0. The highest BCUT2D eigenvalue weighted by Gasteiger charge is 2.51. The third kappa shape index (κ3) is 2.78. The number of hydrogen-bond donors (Lipinski definition) is 2. The fourth-order valence-corrected chi connectivity index (χ4v) is 3.06. The normalized spacial score (nSPS) is 21.8. The summed E-state index contributed by atoms with van der Waals surface area (Å²) < 4.78 is 5.76. The highest BCUT2D eigenvalue weighted by Crippen LogP contribution is 2.27. The third-order valence-electron chi connectivity index (χ3n) is 4.22. The Kier molecular flexibility index (Phi) is 4.02. The highest BCUT2D eigenvalue weighted by molar-refractivity contribution is 6.07. The fraction of sp³-hybridized carbons (Fsp3) is 0.500. The summed E-state index contributed by atoms with van der Waals surface area (Å²) in [4.78, 5) is 26.1. The highest BCUT2D eigenvalue weighted by atomic mass is 16.5. The molecule has 1 aromatic rings. The molecular formula is C16H21N3O3. The van der Waals surface area contributed by atoms with Crippen LogP contribution in [0, 0.1) is 0 Å². The first-order valence-electron chi connectivity index (χ1n) is 7.67. The van der Waals surface area contributed by atoms with Crippen LogP contribution in [0.4, 0.5) is 4.79 Å². The molecule has 0 aliphatic carbocycles. The van der Waals surface area contributed by atoms with Crippen molar-refractivity contribution in [2.45, 2.75) is 31.4 Å². The van der Waals surface area contributed by atoms with E-state index in [4.69, 9.17) is 4.74 Å². The van der Waals surface area contributed by atoms with Gasteiger partial charge in [0.2, 0.25) is 0 Å². The smallest absolute Gasteiger partial charge is 0.325 e. The van der Waals surface area contributed by atoms with Gasteiger partial charge in [-0.05, 0) is 45.0 Å². The predicted molar refractivity (Wildman–Crippen MR) is 81.6 cm³/mol. The first-order chi connectivity index (χ1) is 10.6. The molecule has 2 N–H and O–H groups in total. The van der Waals surface area contributed by atoms with E-state index < -0.39 is 5.54 Å². The molecule has 2 aliphatic heterocycles. The quantitative estimate of drug-likeness (QED) is 0.818. The van der Waals surface area contributed by atoms with Crippen molar-refractivity contribution in [2.75, 3.05) is 19.6 Å². The lowest BCUT2D eigenvalue weighted by molar-refractivity contribution is -0.132. The van der Waals surface area contributed by atoms with Gasteiger partial charge in [0.15, 0.2) is 0 Å². The summed E-state index contributed by atoms with van der Waals surface area (Å²) in [5.74, 6) is 0.612. The molecule has 2 heterocycles. The first-order valence-corrected chi connectivity index (χ1v) is 7.67. The number of rotatable bonds is 4. The lowest BCUT2D eigenvalue weighted by Gasteiger charge is -2.31. The van der Waals surface area contributed by atoms with E-state index in [2.05, 4.69) is 10.6 Å². The molecule has 1 atom stereocenters. The van der Waals surface area contributed by atoms with Gasteiger partial charge in [-0.3, -0.25) is 9.69 Å². The van der Waals surface area contributed by atoms with Crippen LogP contribution in [0.1, 0.15) is 19.8 Å². The molecule has 2 fully saturated rings. The van der Waals surface area contributed by atoms with Gasteiger partial charge in [0, 0.05) is 0 Å². The number of amides is 3. The van der Waals surface area contributed by atoms with E-state index in [1.54, 1.807) is 0 Å². The molecular weight excluding hydrogens is 282 g/mol. The number of para-hydroxylation sites is 1. The molecule has 22 heavy (non-hydrogen) atoms. The van der Waals surface area contributed by atoms with Crippen molar-refractivity contribution >= 4 is 11.9 Å². The summed E-state index contributed by atoms with van der Waals surface area (Å²) in [6.07, 6.45) is 1.03. The van der Waals surface area contributed by atoms with Crippen LogP contribution in [0.2, 0.25) is 0 Å². The molecule has 0 saturated carbocycles. The van der Waals surface area contributed by atoms with Crippen LogP contribution in [-0.2, 0) is 4.79 Å².